The fourth-order valence-corrected chi connectivity index (χ4v) is 1.72. The topological polar surface area (TPSA) is 64.7 Å². The zero-order valence-electron chi connectivity index (χ0n) is 8.00. The van der Waals surface area contributed by atoms with Crippen molar-refractivity contribution in [2.45, 2.75) is 16.6 Å². The Labute approximate surface area is 92.0 Å². The summed E-state index contributed by atoms with van der Waals surface area (Å²) in [5.74, 6) is 0. The van der Waals surface area contributed by atoms with Gasteiger partial charge in [0.2, 0.25) is 0 Å². The maximum atomic E-state index is 5.48. The zero-order valence-corrected chi connectivity index (χ0v) is 8.81. The molecule has 0 aliphatic heterocycles. The van der Waals surface area contributed by atoms with Crippen LogP contribution in [0.4, 0.5) is 0 Å². The lowest BCUT2D eigenvalue weighted by Gasteiger charge is -2.00. The zero-order chi connectivity index (χ0) is 10.5. The van der Waals surface area contributed by atoms with Gasteiger partial charge in [-0.25, -0.2) is 9.97 Å². The van der Waals surface area contributed by atoms with Crippen LogP contribution in [-0.4, -0.2) is 15.0 Å². The summed E-state index contributed by atoms with van der Waals surface area (Å²) in [5.41, 5.74) is 6.51. The lowest BCUT2D eigenvalue weighted by atomic mass is 10.3. The number of hydrogen-bond acceptors (Lipinski definition) is 5. The van der Waals surface area contributed by atoms with E-state index < -0.39 is 0 Å². The molecule has 0 bridgehead atoms. The van der Waals surface area contributed by atoms with Crippen LogP contribution in [0.5, 0.6) is 0 Å². The first-order valence-electron chi connectivity index (χ1n) is 4.47. The van der Waals surface area contributed by atoms with Gasteiger partial charge in [0.15, 0.2) is 0 Å². The molecule has 2 aromatic rings. The van der Waals surface area contributed by atoms with E-state index >= 15 is 0 Å². The first kappa shape index (κ1) is 10.1. The third kappa shape index (κ3) is 2.74. The van der Waals surface area contributed by atoms with E-state index in [2.05, 4.69) is 15.0 Å². The Morgan fingerprint density at radius 1 is 1.07 bits per heavy atom. The van der Waals surface area contributed by atoms with Crippen molar-refractivity contribution in [3.05, 3.63) is 42.5 Å². The number of pyridine rings is 1. The van der Waals surface area contributed by atoms with E-state index in [-0.39, 0.29) is 0 Å². The highest BCUT2D eigenvalue weighted by atomic mass is 32.2. The Hall–Kier alpha value is -1.46. The lowest BCUT2D eigenvalue weighted by Crippen LogP contribution is -1.96. The van der Waals surface area contributed by atoms with Crippen LogP contribution in [-0.2, 0) is 6.54 Å². The van der Waals surface area contributed by atoms with Crippen LogP contribution in [0.2, 0.25) is 0 Å². The first-order chi connectivity index (χ1) is 7.38. The van der Waals surface area contributed by atoms with Gasteiger partial charge in [-0.15, -0.1) is 0 Å². The van der Waals surface area contributed by atoms with E-state index in [0.29, 0.717) is 6.54 Å². The molecule has 0 radical (unpaired) electrons. The smallest absolute Gasteiger partial charge is 0.121 e. The summed E-state index contributed by atoms with van der Waals surface area (Å²) in [4.78, 5) is 12.4. The van der Waals surface area contributed by atoms with Crippen molar-refractivity contribution in [1.82, 2.24) is 15.0 Å². The number of nitrogens with zero attached hydrogens (tertiary/aromatic N) is 3. The maximum absolute atomic E-state index is 5.48. The predicted octanol–water partition coefficient (Wildman–Crippen LogP) is 1.48. The lowest BCUT2D eigenvalue weighted by molar-refractivity contribution is 1.00. The normalized spacial score (nSPS) is 10.2. The number of nitrogens with two attached hydrogens (primary N) is 1. The molecule has 0 amide bonds. The second-order valence-electron chi connectivity index (χ2n) is 2.85. The van der Waals surface area contributed by atoms with E-state index in [0.717, 1.165) is 15.6 Å². The fourth-order valence-electron chi connectivity index (χ4n) is 1.04. The molecule has 2 aromatic heterocycles. The highest BCUT2D eigenvalue weighted by Crippen LogP contribution is 2.22. The Kier molecular flexibility index (Phi) is 3.26. The quantitative estimate of drug-likeness (QED) is 0.845. The first-order valence-corrected chi connectivity index (χ1v) is 5.29. The van der Waals surface area contributed by atoms with Gasteiger partial charge in [-0.2, -0.15) is 0 Å². The van der Waals surface area contributed by atoms with Crippen molar-refractivity contribution in [2.75, 3.05) is 0 Å². The van der Waals surface area contributed by atoms with Gasteiger partial charge in [0, 0.05) is 25.1 Å². The van der Waals surface area contributed by atoms with Crippen molar-refractivity contribution in [3.8, 4) is 0 Å². The summed E-state index contributed by atoms with van der Waals surface area (Å²) in [6.45, 7) is 0.517. The van der Waals surface area contributed by atoms with Crippen LogP contribution in [0.3, 0.4) is 0 Å². The summed E-state index contributed by atoms with van der Waals surface area (Å²) in [7, 11) is 0. The van der Waals surface area contributed by atoms with Crippen LogP contribution in [0.15, 0.2) is 47.0 Å². The average molecular weight is 218 g/mol. The Morgan fingerprint density at radius 2 is 2.00 bits per heavy atom. The Bertz CT molecular complexity index is 415. The summed E-state index contributed by atoms with van der Waals surface area (Å²) < 4.78 is 0. The average Bonchev–Trinajstić information content (AvgIpc) is 2.31. The SMILES string of the molecule is NCc1ccc(Sc2cnccn2)nc1. The van der Waals surface area contributed by atoms with E-state index in [1.54, 1.807) is 24.8 Å². The molecule has 0 saturated carbocycles. The molecule has 0 aliphatic rings. The molecule has 2 rings (SSSR count). The Balaban J connectivity index is 2.11. The summed E-state index contributed by atoms with van der Waals surface area (Å²) in [5, 5.41) is 1.73. The third-order valence-electron chi connectivity index (χ3n) is 1.78. The van der Waals surface area contributed by atoms with E-state index in [1.807, 2.05) is 12.1 Å². The Morgan fingerprint density at radius 3 is 2.60 bits per heavy atom. The van der Waals surface area contributed by atoms with Gasteiger partial charge in [0.25, 0.3) is 0 Å². The predicted molar refractivity (Wildman–Crippen MR) is 58.3 cm³/mol. The molecule has 15 heavy (non-hydrogen) atoms. The molecule has 0 unspecified atom stereocenters. The molecular formula is C10H10N4S. The van der Waals surface area contributed by atoms with Gasteiger partial charge < -0.3 is 5.73 Å². The molecule has 0 spiro atoms. The maximum Gasteiger partial charge on any atom is 0.121 e. The summed E-state index contributed by atoms with van der Waals surface area (Å²) in [6, 6.07) is 3.90. The van der Waals surface area contributed by atoms with Gasteiger partial charge in [0.05, 0.1) is 6.20 Å². The molecule has 0 fully saturated rings. The van der Waals surface area contributed by atoms with E-state index in [9.17, 15) is 0 Å². The van der Waals surface area contributed by atoms with Gasteiger partial charge in [0.1, 0.15) is 10.1 Å². The van der Waals surface area contributed by atoms with Gasteiger partial charge in [-0.05, 0) is 23.4 Å². The van der Waals surface area contributed by atoms with Crippen molar-refractivity contribution >= 4 is 11.8 Å². The van der Waals surface area contributed by atoms with E-state index in [1.165, 1.54) is 11.8 Å². The molecule has 0 aliphatic carbocycles. The van der Waals surface area contributed by atoms with Crippen molar-refractivity contribution in [3.63, 3.8) is 0 Å². The van der Waals surface area contributed by atoms with Gasteiger partial charge in [-0.3, -0.25) is 4.98 Å². The van der Waals surface area contributed by atoms with Crippen LogP contribution >= 0.6 is 11.8 Å². The largest absolute Gasteiger partial charge is 0.326 e. The molecule has 2 heterocycles. The van der Waals surface area contributed by atoms with Gasteiger partial charge in [-0.1, -0.05) is 6.07 Å². The van der Waals surface area contributed by atoms with Crippen molar-refractivity contribution < 1.29 is 0 Å². The minimum atomic E-state index is 0.517. The second kappa shape index (κ2) is 4.86. The minimum absolute atomic E-state index is 0.517. The summed E-state index contributed by atoms with van der Waals surface area (Å²) >= 11 is 1.48. The third-order valence-corrected chi connectivity index (χ3v) is 2.65. The van der Waals surface area contributed by atoms with Crippen molar-refractivity contribution in [1.29, 1.82) is 0 Å². The van der Waals surface area contributed by atoms with Crippen LogP contribution in [0.25, 0.3) is 0 Å². The molecule has 2 N–H and O–H groups in total. The number of aromatic nitrogens is 3. The number of rotatable bonds is 3. The van der Waals surface area contributed by atoms with Crippen LogP contribution in [0, 0.1) is 0 Å². The molecule has 0 saturated heterocycles. The minimum Gasteiger partial charge on any atom is -0.326 e. The van der Waals surface area contributed by atoms with E-state index in [4.69, 9.17) is 5.73 Å². The van der Waals surface area contributed by atoms with Crippen LogP contribution in [0.1, 0.15) is 5.56 Å². The molecule has 0 aromatic carbocycles. The standard InChI is InChI=1S/C10H10N4S/c11-5-8-1-2-9(14-6-8)15-10-7-12-3-4-13-10/h1-4,6-7H,5,11H2. The van der Waals surface area contributed by atoms with Crippen LogP contribution < -0.4 is 5.73 Å². The monoisotopic (exact) mass is 218 g/mol. The molecular weight excluding hydrogens is 208 g/mol. The highest BCUT2D eigenvalue weighted by molar-refractivity contribution is 7.99. The molecule has 4 nitrogen and oxygen atoms in total. The summed E-state index contributed by atoms with van der Waals surface area (Å²) in [6.07, 6.45) is 6.80. The van der Waals surface area contributed by atoms with Crippen molar-refractivity contribution in [2.24, 2.45) is 5.73 Å². The second-order valence-corrected chi connectivity index (χ2v) is 3.90. The molecule has 0 atom stereocenters. The highest BCUT2D eigenvalue weighted by Gasteiger charge is 1.99. The molecule has 5 heteroatoms. The van der Waals surface area contributed by atoms with Gasteiger partial charge >= 0.3 is 0 Å². The number of hydrogen-bond donors (Lipinski definition) is 1. The fraction of sp³-hybridized carbons (Fsp3) is 0.100. The molecule has 76 valence electrons.